The van der Waals surface area contributed by atoms with Crippen LogP contribution in [0.2, 0.25) is 0 Å². The quantitative estimate of drug-likeness (QED) is 0.531. The lowest BCUT2D eigenvalue weighted by Gasteiger charge is -2.30. The first-order valence-electron chi connectivity index (χ1n) is 10.4. The van der Waals surface area contributed by atoms with E-state index in [2.05, 4.69) is 9.98 Å². The summed E-state index contributed by atoms with van der Waals surface area (Å²) in [6, 6.07) is 2.98. The van der Waals surface area contributed by atoms with E-state index in [0.717, 1.165) is 23.3 Å². The summed E-state index contributed by atoms with van der Waals surface area (Å²) in [5.74, 6) is -2.69. The normalized spacial score (nSPS) is 15.5. The van der Waals surface area contributed by atoms with Gasteiger partial charge in [-0.25, -0.2) is 18.6 Å². The van der Waals surface area contributed by atoms with E-state index >= 15 is 0 Å². The number of nitrogens with zero attached hydrogens (tertiary/aromatic N) is 2. The third-order valence-electron chi connectivity index (χ3n) is 5.27. The molecule has 32 heavy (non-hydrogen) atoms. The Morgan fingerprint density at radius 1 is 1.25 bits per heavy atom. The molecule has 0 fully saturated rings. The first kappa shape index (κ1) is 23.4. The molecular formula is C24H27F2N3O3. The maximum atomic E-state index is 13.8. The minimum atomic E-state index is -1.11. The van der Waals surface area contributed by atoms with Crippen LogP contribution in [0.15, 0.2) is 29.4 Å². The highest BCUT2D eigenvalue weighted by atomic mass is 19.2. The minimum absolute atomic E-state index is 0.0221. The lowest BCUT2D eigenvalue weighted by Crippen LogP contribution is -2.37. The third kappa shape index (κ3) is 4.35. The smallest absolute Gasteiger partial charge is 0.342 e. The number of aliphatic imine (C=N–C) groups is 1. The molecule has 0 saturated carbocycles. The van der Waals surface area contributed by atoms with Crippen molar-refractivity contribution in [2.45, 2.75) is 53.1 Å². The standard InChI is InChI=1S/C24H27F2N3O3/c1-7-27-21-14(4)19-20(28-21)16(23(31)32-13(2)3)11-29(12-24(19,5)6)22(30)15-8-9-17(25)18(26)10-15/h7-11,13,28H,12H2,1-6H3/b27-7-. The zero-order chi connectivity index (χ0) is 23.8. The number of fused-ring (bicyclic) bond motifs is 1. The van der Waals surface area contributed by atoms with Crippen molar-refractivity contribution < 1.29 is 23.1 Å². The van der Waals surface area contributed by atoms with Crippen molar-refractivity contribution >= 4 is 29.5 Å². The van der Waals surface area contributed by atoms with Crippen molar-refractivity contribution in [1.82, 2.24) is 9.88 Å². The van der Waals surface area contributed by atoms with Crippen LogP contribution in [0.1, 0.15) is 61.8 Å². The number of ether oxygens (including phenoxy) is 1. The van der Waals surface area contributed by atoms with Crippen molar-refractivity contribution in [1.29, 1.82) is 0 Å². The lowest BCUT2D eigenvalue weighted by molar-refractivity contribution is -0.140. The molecule has 6 nitrogen and oxygen atoms in total. The number of hydrogen-bond donors (Lipinski definition) is 1. The Hall–Kier alpha value is -3.29. The molecule has 2 heterocycles. The van der Waals surface area contributed by atoms with E-state index in [1.54, 1.807) is 27.0 Å². The largest absolute Gasteiger partial charge is 0.459 e. The predicted molar refractivity (Wildman–Crippen MR) is 119 cm³/mol. The molecule has 1 N–H and O–H groups in total. The van der Waals surface area contributed by atoms with Crippen LogP contribution >= 0.6 is 0 Å². The van der Waals surface area contributed by atoms with E-state index in [9.17, 15) is 18.4 Å². The number of rotatable bonds is 4. The number of amides is 1. The average Bonchev–Trinajstić information content (AvgIpc) is 2.96. The molecule has 3 rings (SSSR count). The molecule has 0 bridgehead atoms. The number of H-pyrrole nitrogens is 1. The molecule has 0 spiro atoms. The molecule has 8 heteroatoms. The predicted octanol–water partition coefficient (Wildman–Crippen LogP) is 5.05. The van der Waals surface area contributed by atoms with Gasteiger partial charge in [0.2, 0.25) is 0 Å². The van der Waals surface area contributed by atoms with Gasteiger partial charge in [-0.1, -0.05) is 13.8 Å². The van der Waals surface area contributed by atoms with Gasteiger partial charge in [0.05, 0.1) is 17.4 Å². The van der Waals surface area contributed by atoms with Gasteiger partial charge >= 0.3 is 5.97 Å². The fourth-order valence-corrected chi connectivity index (χ4v) is 4.02. The molecule has 1 amide bonds. The second-order valence-corrected chi connectivity index (χ2v) is 8.68. The topological polar surface area (TPSA) is 74.8 Å². The molecule has 1 aliphatic rings. The molecule has 0 unspecified atom stereocenters. The number of hydrogen-bond acceptors (Lipinski definition) is 4. The Morgan fingerprint density at radius 2 is 1.94 bits per heavy atom. The summed E-state index contributed by atoms with van der Waals surface area (Å²) in [5, 5.41) is 0. The highest BCUT2D eigenvalue weighted by Crippen LogP contribution is 2.41. The van der Waals surface area contributed by atoms with Gasteiger partial charge in [-0.15, -0.1) is 0 Å². The van der Waals surface area contributed by atoms with Gasteiger partial charge in [0.25, 0.3) is 5.91 Å². The Morgan fingerprint density at radius 3 is 2.53 bits per heavy atom. The molecule has 1 aromatic carbocycles. The molecule has 0 saturated heterocycles. The van der Waals surface area contributed by atoms with E-state index in [1.165, 1.54) is 17.2 Å². The van der Waals surface area contributed by atoms with Crippen molar-refractivity contribution in [3.63, 3.8) is 0 Å². The summed E-state index contributed by atoms with van der Waals surface area (Å²) in [6.45, 7) is 11.3. The van der Waals surface area contributed by atoms with E-state index in [0.29, 0.717) is 11.5 Å². The number of aromatic nitrogens is 1. The van der Waals surface area contributed by atoms with Crippen molar-refractivity contribution in [3.8, 4) is 0 Å². The molecule has 0 radical (unpaired) electrons. The Kier molecular flexibility index (Phi) is 6.34. The van der Waals surface area contributed by atoms with Gasteiger partial charge in [0.1, 0.15) is 5.82 Å². The van der Waals surface area contributed by atoms with E-state index in [-0.39, 0.29) is 23.8 Å². The van der Waals surface area contributed by atoms with Crippen LogP contribution in [0.25, 0.3) is 5.57 Å². The molecular weight excluding hydrogens is 416 g/mol. The Labute approximate surface area is 186 Å². The summed E-state index contributed by atoms with van der Waals surface area (Å²) >= 11 is 0. The maximum Gasteiger partial charge on any atom is 0.342 e. The van der Waals surface area contributed by atoms with Crippen LogP contribution in [-0.4, -0.2) is 40.6 Å². The van der Waals surface area contributed by atoms with Crippen LogP contribution in [0.4, 0.5) is 14.6 Å². The second kappa shape index (κ2) is 8.68. The molecule has 1 aromatic heterocycles. The zero-order valence-corrected chi connectivity index (χ0v) is 19.0. The van der Waals surface area contributed by atoms with Crippen LogP contribution < -0.4 is 0 Å². The van der Waals surface area contributed by atoms with Crippen molar-refractivity contribution in [3.05, 3.63) is 58.4 Å². The number of carbonyl (C=O) groups excluding carboxylic acids is 2. The number of nitrogens with one attached hydrogen (secondary N) is 1. The van der Waals surface area contributed by atoms with Crippen molar-refractivity contribution in [2.75, 3.05) is 6.54 Å². The number of benzene rings is 1. The van der Waals surface area contributed by atoms with Crippen LogP contribution in [0.3, 0.4) is 0 Å². The summed E-state index contributed by atoms with van der Waals surface area (Å²) in [7, 11) is 0. The fourth-order valence-electron chi connectivity index (χ4n) is 4.02. The Bertz CT molecular complexity index is 1130. The summed E-state index contributed by atoms with van der Waals surface area (Å²) in [5.41, 5.74) is 1.77. The van der Waals surface area contributed by atoms with Gasteiger partial charge in [-0.05, 0) is 57.0 Å². The van der Waals surface area contributed by atoms with Gasteiger partial charge in [0, 0.05) is 29.9 Å². The average molecular weight is 443 g/mol. The first-order valence-corrected chi connectivity index (χ1v) is 10.4. The van der Waals surface area contributed by atoms with E-state index in [1.807, 2.05) is 20.8 Å². The number of esters is 1. The lowest BCUT2D eigenvalue weighted by atomic mass is 9.81. The Balaban J connectivity index is 2.19. The molecule has 1 aliphatic heterocycles. The van der Waals surface area contributed by atoms with Gasteiger partial charge in [0.15, 0.2) is 11.6 Å². The van der Waals surface area contributed by atoms with Crippen LogP contribution in [0, 0.1) is 18.6 Å². The molecule has 2 aromatic rings. The zero-order valence-electron chi connectivity index (χ0n) is 19.0. The molecule has 0 aliphatic carbocycles. The first-order chi connectivity index (χ1) is 15.0. The van der Waals surface area contributed by atoms with E-state index in [4.69, 9.17) is 4.74 Å². The van der Waals surface area contributed by atoms with Crippen LogP contribution in [0.5, 0.6) is 0 Å². The monoisotopic (exact) mass is 443 g/mol. The molecule has 170 valence electrons. The second-order valence-electron chi connectivity index (χ2n) is 8.68. The van der Waals surface area contributed by atoms with Crippen LogP contribution in [-0.2, 0) is 14.9 Å². The number of halogens is 2. The van der Waals surface area contributed by atoms with Gasteiger partial charge in [-0.2, -0.15) is 0 Å². The van der Waals surface area contributed by atoms with Gasteiger partial charge < -0.3 is 14.6 Å². The number of aromatic amines is 1. The minimum Gasteiger partial charge on any atom is -0.459 e. The highest BCUT2D eigenvalue weighted by molar-refractivity contribution is 6.17. The number of carbonyl (C=O) groups is 2. The maximum absolute atomic E-state index is 13.8. The molecule has 0 atom stereocenters. The third-order valence-corrected chi connectivity index (χ3v) is 5.27. The summed E-state index contributed by atoms with van der Waals surface area (Å²) in [6.07, 6.45) is 2.69. The van der Waals surface area contributed by atoms with Gasteiger partial charge in [-0.3, -0.25) is 4.79 Å². The van der Waals surface area contributed by atoms with E-state index < -0.39 is 28.9 Å². The highest BCUT2D eigenvalue weighted by Gasteiger charge is 2.38. The van der Waals surface area contributed by atoms with Crippen molar-refractivity contribution in [2.24, 2.45) is 4.99 Å². The fraction of sp³-hybridized carbons (Fsp3) is 0.375. The summed E-state index contributed by atoms with van der Waals surface area (Å²) in [4.78, 5) is 35.2. The SMILES string of the molecule is C/C=N\c1[nH]c2c(c1C)C(C)(C)CN(C(=O)c1ccc(F)c(F)c1)C=C2C(=O)OC(C)C. The summed E-state index contributed by atoms with van der Waals surface area (Å²) < 4.78 is 32.6.